The molecule has 3 aromatic heterocycles. The van der Waals surface area contributed by atoms with E-state index in [9.17, 15) is 0 Å². The topological polar surface area (TPSA) is 25.8 Å². The van der Waals surface area contributed by atoms with Crippen LogP contribution in [0.15, 0.2) is 134 Å². The summed E-state index contributed by atoms with van der Waals surface area (Å²) in [5, 5.41) is 9.86. The standard InChI is InChI=1S/C38H22N2S/c1-2-8-26-22-35-33(21-25(26)7-1)32-13-5-12-31(38(32)41-35)29-17-18-30(28-11-4-3-10-27(28)29)34-19-16-24-15-14-23-9-6-20-39-36(23)37(24)40-34/h1-22H. The molecule has 9 rings (SSSR count). The van der Waals surface area contributed by atoms with Crippen molar-refractivity contribution in [3.05, 3.63) is 134 Å². The molecular weight excluding hydrogens is 516 g/mol. The molecule has 41 heavy (non-hydrogen) atoms. The second-order valence-electron chi connectivity index (χ2n) is 10.6. The van der Waals surface area contributed by atoms with Crippen molar-refractivity contribution in [1.29, 1.82) is 0 Å². The van der Waals surface area contributed by atoms with E-state index >= 15 is 0 Å². The van der Waals surface area contributed by atoms with Crippen molar-refractivity contribution in [3.63, 3.8) is 0 Å². The zero-order valence-electron chi connectivity index (χ0n) is 22.0. The van der Waals surface area contributed by atoms with Crippen LogP contribution in [0.4, 0.5) is 0 Å². The largest absolute Gasteiger partial charge is 0.254 e. The molecule has 0 saturated carbocycles. The van der Waals surface area contributed by atoms with Gasteiger partial charge in [-0.1, -0.05) is 103 Å². The number of benzene rings is 6. The van der Waals surface area contributed by atoms with Gasteiger partial charge in [0.25, 0.3) is 0 Å². The fourth-order valence-electron chi connectivity index (χ4n) is 6.33. The van der Waals surface area contributed by atoms with Gasteiger partial charge < -0.3 is 0 Å². The maximum atomic E-state index is 5.17. The van der Waals surface area contributed by atoms with Crippen molar-refractivity contribution >= 4 is 74.9 Å². The second kappa shape index (κ2) is 8.69. The van der Waals surface area contributed by atoms with E-state index in [1.54, 1.807) is 0 Å². The summed E-state index contributed by atoms with van der Waals surface area (Å²) in [7, 11) is 0. The lowest BCUT2D eigenvalue weighted by atomic mass is 9.92. The van der Waals surface area contributed by atoms with Crippen molar-refractivity contribution in [1.82, 2.24) is 9.97 Å². The molecule has 0 aliphatic heterocycles. The van der Waals surface area contributed by atoms with Gasteiger partial charge in [0.1, 0.15) is 0 Å². The first-order chi connectivity index (χ1) is 20.3. The Labute approximate surface area is 240 Å². The highest BCUT2D eigenvalue weighted by molar-refractivity contribution is 7.26. The lowest BCUT2D eigenvalue weighted by molar-refractivity contribution is 1.37. The Morgan fingerprint density at radius 2 is 1.12 bits per heavy atom. The highest BCUT2D eigenvalue weighted by Gasteiger charge is 2.16. The summed E-state index contributed by atoms with van der Waals surface area (Å²) in [5.41, 5.74) is 6.50. The van der Waals surface area contributed by atoms with E-state index in [0.29, 0.717) is 0 Å². The average molecular weight is 539 g/mol. The molecule has 3 heterocycles. The zero-order valence-corrected chi connectivity index (χ0v) is 22.8. The highest BCUT2D eigenvalue weighted by Crippen LogP contribution is 2.44. The van der Waals surface area contributed by atoms with Gasteiger partial charge in [-0.05, 0) is 51.4 Å². The van der Waals surface area contributed by atoms with Gasteiger partial charge in [-0.3, -0.25) is 4.98 Å². The Kier molecular flexibility index (Phi) is 4.80. The molecule has 190 valence electrons. The first kappa shape index (κ1) is 22.7. The lowest BCUT2D eigenvalue weighted by Crippen LogP contribution is -1.91. The first-order valence-electron chi connectivity index (χ1n) is 13.8. The third-order valence-electron chi connectivity index (χ3n) is 8.29. The fraction of sp³-hybridized carbons (Fsp3) is 0. The monoisotopic (exact) mass is 538 g/mol. The van der Waals surface area contributed by atoms with Crippen LogP contribution in [0.3, 0.4) is 0 Å². The molecule has 9 aromatic rings. The van der Waals surface area contributed by atoms with Gasteiger partial charge in [0.15, 0.2) is 0 Å². The van der Waals surface area contributed by atoms with Crippen LogP contribution in [0.2, 0.25) is 0 Å². The molecule has 0 atom stereocenters. The number of aromatic nitrogens is 2. The third kappa shape index (κ3) is 3.43. The van der Waals surface area contributed by atoms with E-state index in [4.69, 9.17) is 4.98 Å². The number of thiophene rings is 1. The summed E-state index contributed by atoms with van der Waals surface area (Å²) in [4.78, 5) is 9.83. The maximum Gasteiger partial charge on any atom is 0.0972 e. The van der Waals surface area contributed by atoms with E-state index in [2.05, 4.69) is 126 Å². The minimum absolute atomic E-state index is 0.941. The molecule has 0 spiro atoms. The first-order valence-corrected chi connectivity index (χ1v) is 14.6. The lowest BCUT2D eigenvalue weighted by Gasteiger charge is -2.13. The highest BCUT2D eigenvalue weighted by atomic mass is 32.1. The van der Waals surface area contributed by atoms with Crippen LogP contribution >= 0.6 is 11.3 Å². The second-order valence-corrected chi connectivity index (χ2v) is 11.6. The van der Waals surface area contributed by atoms with Crippen LogP contribution in [-0.2, 0) is 0 Å². The van der Waals surface area contributed by atoms with E-state index in [1.165, 1.54) is 52.8 Å². The predicted octanol–water partition coefficient (Wildman–Crippen LogP) is 10.8. The van der Waals surface area contributed by atoms with Gasteiger partial charge in [-0.2, -0.15) is 0 Å². The summed E-state index contributed by atoms with van der Waals surface area (Å²) < 4.78 is 2.66. The number of fused-ring (bicyclic) bond motifs is 8. The molecule has 0 N–H and O–H groups in total. The van der Waals surface area contributed by atoms with Gasteiger partial charge in [0, 0.05) is 48.3 Å². The summed E-state index contributed by atoms with van der Waals surface area (Å²) in [6.07, 6.45) is 1.84. The molecule has 0 aliphatic rings. The predicted molar refractivity (Wildman–Crippen MR) is 176 cm³/mol. The van der Waals surface area contributed by atoms with Crippen LogP contribution in [0.5, 0.6) is 0 Å². The van der Waals surface area contributed by atoms with Gasteiger partial charge in [-0.15, -0.1) is 11.3 Å². The Morgan fingerprint density at radius 3 is 2.00 bits per heavy atom. The van der Waals surface area contributed by atoms with Crippen molar-refractivity contribution in [2.75, 3.05) is 0 Å². The fourth-order valence-corrected chi connectivity index (χ4v) is 7.59. The number of hydrogen-bond donors (Lipinski definition) is 0. The van der Waals surface area contributed by atoms with Crippen LogP contribution < -0.4 is 0 Å². The molecule has 0 saturated heterocycles. The quantitative estimate of drug-likeness (QED) is 0.205. The van der Waals surface area contributed by atoms with Gasteiger partial charge >= 0.3 is 0 Å². The molecule has 0 amide bonds. The van der Waals surface area contributed by atoms with Gasteiger partial charge in [0.2, 0.25) is 0 Å². The number of hydrogen-bond acceptors (Lipinski definition) is 3. The Balaban J connectivity index is 1.28. The molecule has 0 radical (unpaired) electrons. The normalized spacial score (nSPS) is 11.9. The molecule has 0 fully saturated rings. The molecular formula is C38H22N2S. The molecule has 0 bridgehead atoms. The van der Waals surface area contributed by atoms with E-state index in [1.807, 2.05) is 23.6 Å². The van der Waals surface area contributed by atoms with E-state index in [0.717, 1.165) is 33.1 Å². The Morgan fingerprint density at radius 1 is 0.439 bits per heavy atom. The summed E-state index contributed by atoms with van der Waals surface area (Å²) >= 11 is 1.89. The minimum Gasteiger partial charge on any atom is -0.254 e. The third-order valence-corrected chi connectivity index (χ3v) is 9.49. The smallest absolute Gasteiger partial charge is 0.0972 e. The molecule has 0 aliphatic carbocycles. The number of pyridine rings is 2. The van der Waals surface area contributed by atoms with Crippen molar-refractivity contribution in [3.8, 4) is 22.4 Å². The number of nitrogens with zero attached hydrogens (tertiary/aromatic N) is 2. The maximum absolute atomic E-state index is 5.17. The van der Waals surface area contributed by atoms with Crippen LogP contribution in [0, 0.1) is 0 Å². The van der Waals surface area contributed by atoms with Gasteiger partial charge in [0.05, 0.1) is 16.7 Å². The SMILES string of the molecule is c1ccc2cc3c(cc2c1)sc1c(-c2ccc(-c4ccc5ccc6cccnc6c5n4)c4ccccc24)cccc13. The average Bonchev–Trinajstić information content (AvgIpc) is 3.40. The Hall–Kier alpha value is -5.12. The molecule has 6 aromatic carbocycles. The minimum atomic E-state index is 0.941. The summed E-state index contributed by atoms with van der Waals surface area (Å²) in [6, 6.07) is 45.9. The zero-order chi connectivity index (χ0) is 26.9. The van der Waals surface area contributed by atoms with Crippen molar-refractivity contribution in [2.45, 2.75) is 0 Å². The van der Waals surface area contributed by atoms with E-state index < -0.39 is 0 Å². The number of rotatable bonds is 2. The van der Waals surface area contributed by atoms with Crippen LogP contribution in [0.25, 0.3) is 85.9 Å². The van der Waals surface area contributed by atoms with Gasteiger partial charge in [-0.25, -0.2) is 4.98 Å². The molecule has 3 heteroatoms. The molecule has 0 unspecified atom stereocenters. The Bertz CT molecular complexity index is 2490. The summed E-state index contributed by atoms with van der Waals surface area (Å²) in [5.74, 6) is 0. The molecule has 2 nitrogen and oxygen atoms in total. The van der Waals surface area contributed by atoms with E-state index in [-0.39, 0.29) is 0 Å². The van der Waals surface area contributed by atoms with Crippen LogP contribution in [-0.4, -0.2) is 9.97 Å². The summed E-state index contributed by atoms with van der Waals surface area (Å²) in [6.45, 7) is 0. The van der Waals surface area contributed by atoms with Crippen molar-refractivity contribution < 1.29 is 0 Å². The van der Waals surface area contributed by atoms with Crippen molar-refractivity contribution in [2.24, 2.45) is 0 Å². The van der Waals surface area contributed by atoms with Crippen LogP contribution in [0.1, 0.15) is 0 Å².